The molecule has 140 valence electrons. The molecule has 1 heterocycles. The summed E-state index contributed by atoms with van der Waals surface area (Å²) in [5.74, 6) is 0. The van der Waals surface area contributed by atoms with Crippen molar-refractivity contribution < 1.29 is 8.42 Å². The van der Waals surface area contributed by atoms with Gasteiger partial charge in [-0.3, -0.25) is 4.90 Å². The highest BCUT2D eigenvalue weighted by Crippen LogP contribution is 2.23. The van der Waals surface area contributed by atoms with E-state index in [0.29, 0.717) is 18.0 Å². The molecule has 0 amide bonds. The Kier molecular flexibility index (Phi) is 5.19. The Balaban J connectivity index is 1.45. The molecular weight excluding hydrogens is 380 g/mol. The molecule has 0 bridgehead atoms. The average molecular weight is 401 g/mol. The van der Waals surface area contributed by atoms with Gasteiger partial charge in [0.25, 0.3) is 0 Å². The second-order valence-electron chi connectivity index (χ2n) is 6.82. The molecule has 0 spiro atoms. The molecule has 1 saturated heterocycles. The standard InChI is InChI=1S/C21H21ClN2O2S/c22-20-8-5-17(6-9-20)16-23-11-13-24(14-12-23)27(25,26)21-10-7-18-3-1-2-4-19(18)15-21/h1-10,15H,11-14,16H2. The third-order valence-corrected chi connectivity index (χ3v) is 7.16. The normalized spacial score (nSPS) is 16.6. The quantitative estimate of drug-likeness (QED) is 0.664. The van der Waals surface area contributed by atoms with E-state index >= 15 is 0 Å². The second-order valence-corrected chi connectivity index (χ2v) is 9.19. The van der Waals surface area contributed by atoms with E-state index in [1.54, 1.807) is 16.4 Å². The van der Waals surface area contributed by atoms with Gasteiger partial charge in [-0.15, -0.1) is 0 Å². The van der Waals surface area contributed by atoms with Crippen molar-refractivity contribution in [2.24, 2.45) is 0 Å². The van der Waals surface area contributed by atoms with Crippen LogP contribution in [0.1, 0.15) is 5.56 Å². The summed E-state index contributed by atoms with van der Waals surface area (Å²) in [7, 11) is -3.47. The largest absolute Gasteiger partial charge is 0.296 e. The van der Waals surface area contributed by atoms with E-state index in [4.69, 9.17) is 11.6 Å². The predicted octanol–water partition coefficient (Wildman–Crippen LogP) is 4.00. The molecule has 0 radical (unpaired) electrons. The zero-order valence-electron chi connectivity index (χ0n) is 14.9. The fraction of sp³-hybridized carbons (Fsp3) is 0.238. The van der Waals surface area contributed by atoms with E-state index in [9.17, 15) is 8.42 Å². The highest BCUT2D eigenvalue weighted by molar-refractivity contribution is 7.89. The summed E-state index contributed by atoms with van der Waals surface area (Å²) in [6, 6.07) is 21.0. The summed E-state index contributed by atoms with van der Waals surface area (Å²) >= 11 is 5.93. The smallest absolute Gasteiger partial charge is 0.243 e. The van der Waals surface area contributed by atoms with Crippen LogP contribution in [-0.2, 0) is 16.6 Å². The lowest BCUT2D eigenvalue weighted by Gasteiger charge is -2.34. The zero-order valence-corrected chi connectivity index (χ0v) is 16.5. The molecule has 0 aliphatic carbocycles. The highest BCUT2D eigenvalue weighted by Gasteiger charge is 2.28. The average Bonchev–Trinajstić information content (AvgIpc) is 2.70. The van der Waals surface area contributed by atoms with Crippen LogP contribution in [0.15, 0.2) is 71.6 Å². The first-order valence-corrected chi connectivity index (χ1v) is 10.8. The Morgan fingerprint density at radius 3 is 2.19 bits per heavy atom. The van der Waals surface area contributed by atoms with Crippen molar-refractivity contribution in [2.45, 2.75) is 11.4 Å². The SMILES string of the molecule is O=S(=O)(c1ccc2ccccc2c1)N1CCN(Cc2ccc(Cl)cc2)CC1. The number of benzene rings is 3. The molecule has 6 heteroatoms. The summed E-state index contributed by atoms with van der Waals surface area (Å²) in [5.41, 5.74) is 1.19. The summed E-state index contributed by atoms with van der Waals surface area (Å²) in [6.45, 7) is 3.25. The van der Waals surface area contributed by atoms with Crippen LogP contribution in [0.5, 0.6) is 0 Å². The monoisotopic (exact) mass is 400 g/mol. The lowest BCUT2D eigenvalue weighted by molar-refractivity contribution is 0.181. The molecule has 0 N–H and O–H groups in total. The number of nitrogens with zero attached hydrogens (tertiary/aromatic N) is 2. The molecule has 3 aromatic rings. The van der Waals surface area contributed by atoms with Gasteiger partial charge in [-0.05, 0) is 40.6 Å². The van der Waals surface area contributed by atoms with E-state index in [0.717, 1.165) is 35.4 Å². The Morgan fingerprint density at radius 1 is 0.815 bits per heavy atom. The minimum absolute atomic E-state index is 0.368. The molecule has 4 rings (SSSR count). The molecule has 1 aliphatic rings. The minimum Gasteiger partial charge on any atom is -0.296 e. The maximum atomic E-state index is 13.0. The van der Waals surface area contributed by atoms with Crippen LogP contribution in [0.3, 0.4) is 0 Å². The van der Waals surface area contributed by atoms with Crippen molar-refractivity contribution in [1.82, 2.24) is 9.21 Å². The molecule has 0 aromatic heterocycles. The minimum atomic E-state index is -3.47. The van der Waals surface area contributed by atoms with E-state index in [1.807, 2.05) is 54.6 Å². The van der Waals surface area contributed by atoms with Crippen molar-refractivity contribution in [1.29, 1.82) is 0 Å². The van der Waals surface area contributed by atoms with Crippen molar-refractivity contribution in [3.05, 3.63) is 77.3 Å². The molecular formula is C21H21ClN2O2S. The highest BCUT2D eigenvalue weighted by atomic mass is 35.5. The van der Waals surface area contributed by atoms with Gasteiger partial charge in [0, 0.05) is 37.7 Å². The van der Waals surface area contributed by atoms with Crippen molar-refractivity contribution in [3.63, 3.8) is 0 Å². The van der Waals surface area contributed by atoms with Gasteiger partial charge in [-0.25, -0.2) is 8.42 Å². The lowest BCUT2D eigenvalue weighted by atomic mass is 10.1. The van der Waals surface area contributed by atoms with E-state index < -0.39 is 10.0 Å². The first-order chi connectivity index (χ1) is 13.0. The number of hydrogen-bond donors (Lipinski definition) is 0. The van der Waals surface area contributed by atoms with Gasteiger partial charge in [0.15, 0.2) is 0 Å². The van der Waals surface area contributed by atoms with Gasteiger partial charge in [-0.2, -0.15) is 4.31 Å². The van der Waals surface area contributed by atoms with Crippen molar-refractivity contribution in [3.8, 4) is 0 Å². The number of fused-ring (bicyclic) bond motifs is 1. The van der Waals surface area contributed by atoms with Gasteiger partial charge in [0.2, 0.25) is 10.0 Å². The fourth-order valence-corrected chi connectivity index (χ4v) is 5.04. The van der Waals surface area contributed by atoms with Crippen LogP contribution >= 0.6 is 11.6 Å². The summed E-state index contributed by atoms with van der Waals surface area (Å²) in [5, 5.41) is 2.72. The molecule has 1 fully saturated rings. The molecule has 1 aliphatic heterocycles. The Bertz CT molecular complexity index is 1040. The van der Waals surface area contributed by atoms with E-state index in [-0.39, 0.29) is 0 Å². The van der Waals surface area contributed by atoms with Crippen molar-refractivity contribution in [2.75, 3.05) is 26.2 Å². The third-order valence-electron chi connectivity index (χ3n) is 5.01. The zero-order chi connectivity index (χ0) is 18.9. The summed E-state index contributed by atoms with van der Waals surface area (Å²) in [4.78, 5) is 2.64. The number of halogens is 1. The molecule has 27 heavy (non-hydrogen) atoms. The van der Waals surface area contributed by atoms with Crippen LogP contribution < -0.4 is 0 Å². The molecule has 3 aromatic carbocycles. The van der Waals surface area contributed by atoms with Crippen LogP contribution in [0.2, 0.25) is 5.02 Å². The van der Waals surface area contributed by atoms with Gasteiger partial charge in [0.05, 0.1) is 4.90 Å². The van der Waals surface area contributed by atoms with E-state index in [2.05, 4.69) is 4.90 Å². The topological polar surface area (TPSA) is 40.6 Å². The molecule has 0 unspecified atom stereocenters. The van der Waals surface area contributed by atoms with E-state index in [1.165, 1.54) is 5.56 Å². The number of hydrogen-bond acceptors (Lipinski definition) is 3. The van der Waals surface area contributed by atoms with Crippen LogP contribution in [0.25, 0.3) is 10.8 Å². The van der Waals surface area contributed by atoms with Crippen LogP contribution in [0.4, 0.5) is 0 Å². The lowest BCUT2D eigenvalue weighted by Crippen LogP contribution is -2.48. The maximum Gasteiger partial charge on any atom is 0.243 e. The Morgan fingerprint density at radius 2 is 1.48 bits per heavy atom. The number of piperazine rings is 1. The van der Waals surface area contributed by atoms with Gasteiger partial charge in [0.1, 0.15) is 0 Å². The summed E-state index contributed by atoms with van der Waals surface area (Å²) < 4.78 is 27.6. The van der Waals surface area contributed by atoms with Gasteiger partial charge >= 0.3 is 0 Å². The van der Waals surface area contributed by atoms with Gasteiger partial charge in [-0.1, -0.05) is 54.1 Å². The molecule has 0 atom stereocenters. The number of sulfonamides is 1. The first kappa shape index (κ1) is 18.4. The maximum absolute atomic E-state index is 13.0. The molecule has 0 saturated carbocycles. The third kappa shape index (κ3) is 4.01. The van der Waals surface area contributed by atoms with Gasteiger partial charge < -0.3 is 0 Å². The fourth-order valence-electron chi connectivity index (χ4n) is 3.45. The Labute approximate surface area is 165 Å². The summed E-state index contributed by atoms with van der Waals surface area (Å²) in [6.07, 6.45) is 0. The Hall–Kier alpha value is -1.92. The van der Waals surface area contributed by atoms with Crippen LogP contribution in [-0.4, -0.2) is 43.8 Å². The van der Waals surface area contributed by atoms with Crippen molar-refractivity contribution >= 4 is 32.4 Å². The first-order valence-electron chi connectivity index (χ1n) is 8.98. The van der Waals surface area contributed by atoms with Crippen LogP contribution in [0, 0.1) is 0 Å². The number of rotatable bonds is 4. The molecule has 4 nitrogen and oxygen atoms in total. The second kappa shape index (κ2) is 7.60. The predicted molar refractivity (Wildman–Crippen MR) is 109 cm³/mol.